The van der Waals surface area contributed by atoms with Gasteiger partial charge in [0.05, 0.1) is 18.6 Å². The Morgan fingerprint density at radius 3 is 1.49 bits per heavy atom. The van der Waals surface area contributed by atoms with Gasteiger partial charge >= 0.3 is 0 Å². The van der Waals surface area contributed by atoms with Crippen LogP contribution < -0.4 is 44.6 Å². The lowest BCUT2D eigenvalue weighted by atomic mass is 10.0. The smallest absolute Gasteiger partial charge is 0.239 e. The number of carbonyl (C=O) groups excluding carboxylic acids is 2. The zero-order valence-electron chi connectivity index (χ0n) is 52.2. The van der Waals surface area contributed by atoms with E-state index in [0.29, 0.717) is 108 Å². The summed E-state index contributed by atoms with van der Waals surface area (Å²) in [6.07, 6.45) is 1.97. The highest BCUT2D eigenvalue weighted by molar-refractivity contribution is 5.89. The van der Waals surface area contributed by atoms with E-state index in [-0.39, 0.29) is 83.6 Å². The van der Waals surface area contributed by atoms with Crippen LogP contribution in [0.15, 0.2) is 225 Å². The minimum atomic E-state index is -0.379. The first-order chi connectivity index (χ1) is 44.9. The molecule has 1 amide bonds. The molecule has 0 aliphatic carbocycles. The lowest BCUT2D eigenvalue weighted by molar-refractivity contribution is -0.121. The number of aryl methyl sites for hydroxylation is 5. The molecular formula is C79H73NO12. The summed E-state index contributed by atoms with van der Waals surface area (Å²) < 4.78 is 50.8. The number of benzene rings is 9. The predicted molar refractivity (Wildman–Crippen MR) is 359 cm³/mol. The SMILES string of the molecule is Cc1cc(OCc2ccccc2)c2c(=O)c(OCCCC(=O)CCc3ccc(CNC(=O)CCCOc4c(-c5ccc(OCc6ccccc6)c(C)c5)oc5cc(OCc6ccccc6)cc(C)c5c4=O)cc3)c(-c3ccc(C)c(OCc4ccccc4)c3)oc2c1. The maximum Gasteiger partial charge on any atom is 0.239 e. The molecule has 0 radical (unpaired) electrons. The molecule has 13 nitrogen and oxygen atoms in total. The first-order valence-electron chi connectivity index (χ1n) is 31.1. The second-order valence-electron chi connectivity index (χ2n) is 23.0. The van der Waals surface area contributed by atoms with Gasteiger partial charge in [0.1, 0.15) is 71.8 Å². The van der Waals surface area contributed by atoms with Crippen LogP contribution >= 0.6 is 0 Å². The van der Waals surface area contributed by atoms with Crippen LogP contribution in [0.5, 0.6) is 34.5 Å². The molecule has 11 rings (SSSR count). The fourth-order valence-corrected chi connectivity index (χ4v) is 10.9. The maximum absolute atomic E-state index is 14.7. The van der Waals surface area contributed by atoms with E-state index in [0.717, 1.165) is 50.1 Å². The molecule has 466 valence electrons. The number of carbonyl (C=O) groups is 2. The van der Waals surface area contributed by atoms with Gasteiger partial charge in [-0.2, -0.15) is 0 Å². The first-order valence-corrected chi connectivity index (χ1v) is 31.1. The van der Waals surface area contributed by atoms with Crippen LogP contribution in [0.2, 0.25) is 0 Å². The zero-order valence-corrected chi connectivity index (χ0v) is 52.2. The Balaban J connectivity index is 0.684. The van der Waals surface area contributed by atoms with Crippen molar-refractivity contribution < 1.29 is 46.8 Å². The number of nitrogens with one attached hydrogen (secondary N) is 1. The van der Waals surface area contributed by atoms with Crippen LogP contribution in [0.1, 0.15) is 87.7 Å². The molecule has 0 saturated heterocycles. The van der Waals surface area contributed by atoms with Crippen molar-refractivity contribution in [1.29, 1.82) is 0 Å². The zero-order chi connectivity index (χ0) is 63.8. The molecule has 0 saturated carbocycles. The lowest BCUT2D eigenvalue weighted by Gasteiger charge is -2.16. The summed E-state index contributed by atoms with van der Waals surface area (Å²) in [5, 5.41) is 3.65. The number of Topliss-reactive ketones (excluding diaryl/α,β-unsaturated/α-hetero) is 1. The van der Waals surface area contributed by atoms with Gasteiger partial charge in [-0.25, -0.2) is 0 Å². The maximum atomic E-state index is 14.7. The van der Waals surface area contributed by atoms with Crippen molar-refractivity contribution in [3.63, 3.8) is 0 Å². The van der Waals surface area contributed by atoms with Crippen LogP contribution in [-0.2, 0) is 49.0 Å². The molecule has 9 aromatic carbocycles. The van der Waals surface area contributed by atoms with E-state index in [1.165, 1.54) is 0 Å². The third kappa shape index (κ3) is 16.2. The Hall–Kier alpha value is -10.7. The molecule has 0 atom stereocenters. The van der Waals surface area contributed by atoms with Gasteiger partial charge in [0.15, 0.2) is 11.5 Å². The molecule has 0 fully saturated rings. The highest BCUT2D eigenvalue weighted by Crippen LogP contribution is 2.39. The van der Waals surface area contributed by atoms with E-state index in [1.54, 1.807) is 6.07 Å². The number of fused-ring (bicyclic) bond motifs is 2. The van der Waals surface area contributed by atoms with Gasteiger partial charge in [0, 0.05) is 43.0 Å². The van der Waals surface area contributed by atoms with E-state index < -0.39 is 0 Å². The van der Waals surface area contributed by atoms with E-state index in [2.05, 4.69) is 5.32 Å². The van der Waals surface area contributed by atoms with Crippen LogP contribution in [0.4, 0.5) is 0 Å². The summed E-state index contributed by atoms with van der Waals surface area (Å²) in [6, 6.07) is 65.8. The second kappa shape index (κ2) is 30.2. The molecule has 92 heavy (non-hydrogen) atoms. The quantitative estimate of drug-likeness (QED) is 0.0442. The number of ketones is 1. The Morgan fingerprint density at radius 2 is 0.902 bits per heavy atom. The van der Waals surface area contributed by atoms with Gasteiger partial charge in [-0.3, -0.25) is 19.2 Å². The Kier molecular flexibility index (Phi) is 20.7. The summed E-state index contributed by atoms with van der Waals surface area (Å²) in [5.41, 5.74) is 10.5. The van der Waals surface area contributed by atoms with Crippen molar-refractivity contribution in [3.05, 3.63) is 282 Å². The third-order valence-electron chi connectivity index (χ3n) is 15.9. The average Bonchev–Trinajstić information content (AvgIpc) is 0.778. The largest absolute Gasteiger partial charge is 0.489 e. The van der Waals surface area contributed by atoms with E-state index in [4.69, 9.17) is 37.3 Å². The minimum Gasteiger partial charge on any atom is -0.489 e. The van der Waals surface area contributed by atoms with E-state index >= 15 is 0 Å². The molecule has 11 aromatic rings. The summed E-state index contributed by atoms with van der Waals surface area (Å²) in [7, 11) is 0. The van der Waals surface area contributed by atoms with Crippen molar-refractivity contribution in [2.75, 3.05) is 13.2 Å². The lowest BCUT2D eigenvalue weighted by Crippen LogP contribution is -2.23. The monoisotopic (exact) mass is 1230 g/mol. The topological polar surface area (TPSA) is 162 Å². The Morgan fingerprint density at radius 1 is 0.402 bits per heavy atom. The molecule has 0 aliphatic heterocycles. The van der Waals surface area contributed by atoms with Gasteiger partial charge in [-0.15, -0.1) is 0 Å². The number of amides is 1. The number of rotatable bonds is 29. The molecule has 2 aromatic heterocycles. The third-order valence-corrected chi connectivity index (χ3v) is 15.9. The average molecular weight is 1230 g/mol. The number of ether oxygens (including phenoxy) is 6. The molecule has 1 N–H and O–H groups in total. The first kappa shape index (κ1) is 62.9. The second-order valence-corrected chi connectivity index (χ2v) is 23.0. The van der Waals surface area contributed by atoms with Crippen molar-refractivity contribution in [2.45, 2.75) is 99.2 Å². The summed E-state index contributed by atoms with van der Waals surface area (Å²) in [6.45, 7) is 9.52. The number of hydrogen-bond acceptors (Lipinski definition) is 12. The van der Waals surface area contributed by atoms with Crippen LogP contribution in [0.3, 0.4) is 0 Å². The molecule has 2 heterocycles. The van der Waals surface area contributed by atoms with Crippen molar-refractivity contribution in [2.24, 2.45) is 0 Å². The molecule has 0 aliphatic rings. The molecule has 0 bridgehead atoms. The van der Waals surface area contributed by atoms with Crippen LogP contribution in [0, 0.1) is 27.7 Å². The Labute approximate surface area is 535 Å². The van der Waals surface area contributed by atoms with Crippen molar-refractivity contribution in [1.82, 2.24) is 5.32 Å². The highest BCUT2D eigenvalue weighted by atomic mass is 16.5. The molecule has 0 spiro atoms. The predicted octanol–water partition coefficient (Wildman–Crippen LogP) is 16.6. The van der Waals surface area contributed by atoms with Crippen molar-refractivity contribution >= 4 is 33.6 Å². The van der Waals surface area contributed by atoms with Gasteiger partial charge in [-0.1, -0.05) is 158 Å². The molecule has 13 heteroatoms. The number of hydrogen-bond donors (Lipinski definition) is 1. The minimum absolute atomic E-state index is 0.0264. The van der Waals surface area contributed by atoms with Gasteiger partial charge < -0.3 is 42.6 Å². The van der Waals surface area contributed by atoms with Crippen molar-refractivity contribution in [3.8, 4) is 57.1 Å². The fraction of sp³-hybridized carbons (Fsp3) is 0.215. The fourth-order valence-electron chi connectivity index (χ4n) is 10.9. The highest BCUT2D eigenvalue weighted by Gasteiger charge is 2.24. The summed E-state index contributed by atoms with van der Waals surface area (Å²) >= 11 is 0. The standard InChI is InChI=1S/C79H73NO12/c1-52-41-68(90-51-61-25-15-8-16-26-61)73-69(42-52)91-77(63-35-29-53(2)67(45-63)89-50-60-23-13-7-14-24-60)79(75(73)84)85-39-17-27-64(81)37-34-56-30-32-57(33-31-56)47-80-71(82)28-18-40-86-78-74(83)72-55(4)44-65(87-48-58-19-9-5-10-20-58)46-70(72)92-76(78)62-36-38-66(54(3)43-62)88-49-59-21-11-6-12-22-59/h5-16,19-26,29-33,35-36,38,41-46H,17-18,27-28,34,37,39-40,47-51H2,1-4H3,(H,80,82). The normalized spacial score (nSPS) is 11.1. The summed E-state index contributed by atoms with van der Waals surface area (Å²) in [4.78, 5) is 55.7. The molecular weight excluding hydrogens is 1150 g/mol. The van der Waals surface area contributed by atoms with E-state index in [1.807, 2.05) is 228 Å². The van der Waals surface area contributed by atoms with E-state index in [9.17, 15) is 19.2 Å². The van der Waals surface area contributed by atoms with Gasteiger partial charge in [0.2, 0.25) is 28.3 Å². The van der Waals surface area contributed by atoms with Gasteiger partial charge in [-0.05, 0) is 145 Å². The van der Waals surface area contributed by atoms with Crippen LogP contribution in [0.25, 0.3) is 44.6 Å². The molecule has 0 unspecified atom stereocenters. The summed E-state index contributed by atoms with van der Waals surface area (Å²) in [5.74, 6) is 2.78. The Bertz CT molecular complexity index is 4470. The van der Waals surface area contributed by atoms with Gasteiger partial charge in [0.25, 0.3) is 0 Å². The van der Waals surface area contributed by atoms with Crippen LogP contribution in [-0.4, -0.2) is 24.9 Å².